The molecule has 0 aliphatic heterocycles. The molecule has 0 saturated heterocycles. The molecule has 0 spiro atoms. The summed E-state index contributed by atoms with van der Waals surface area (Å²) in [4.78, 5) is 14.7. The summed E-state index contributed by atoms with van der Waals surface area (Å²) in [5.41, 5.74) is 0.547. The number of amides is 1. The second-order valence-corrected chi connectivity index (χ2v) is 8.53. The van der Waals surface area contributed by atoms with Crippen molar-refractivity contribution in [3.8, 4) is 0 Å². The van der Waals surface area contributed by atoms with Crippen molar-refractivity contribution in [2.75, 3.05) is 6.54 Å². The SMILES string of the molecule is CC(C)N(CC1CCC(C(F)(F)F)CC1)C(=O)c1cc(Cl)ccc1I. The summed E-state index contributed by atoms with van der Waals surface area (Å²) in [6.45, 7) is 4.34. The van der Waals surface area contributed by atoms with E-state index in [0.717, 1.165) is 3.57 Å². The van der Waals surface area contributed by atoms with Crippen LogP contribution in [0.15, 0.2) is 18.2 Å². The van der Waals surface area contributed by atoms with Crippen LogP contribution >= 0.6 is 34.2 Å². The first kappa shape index (κ1) is 20.8. The normalized spacial score (nSPS) is 21.4. The van der Waals surface area contributed by atoms with Crippen LogP contribution in [0.5, 0.6) is 0 Å². The fraction of sp³-hybridized carbons (Fsp3) is 0.611. The zero-order valence-electron chi connectivity index (χ0n) is 14.2. The molecule has 1 saturated carbocycles. The van der Waals surface area contributed by atoms with Crippen LogP contribution in [0, 0.1) is 15.4 Å². The molecule has 140 valence electrons. The first-order chi connectivity index (χ1) is 11.6. The molecule has 1 fully saturated rings. The van der Waals surface area contributed by atoms with E-state index in [0.29, 0.717) is 30.0 Å². The molecule has 1 aromatic rings. The molecule has 2 nitrogen and oxygen atoms in total. The maximum absolute atomic E-state index is 12.9. The van der Waals surface area contributed by atoms with E-state index in [1.54, 1.807) is 23.1 Å². The number of halogens is 5. The van der Waals surface area contributed by atoms with Crippen LogP contribution in [-0.4, -0.2) is 29.6 Å². The number of rotatable bonds is 4. The molecular weight excluding hydrogens is 466 g/mol. The first-order valence-corrected chi connectivity index (χ1v) is 9.88. The van der Waals surface area contributed by atoms with E-state index in [1.165, 1.54) is 0 Å². The average Bonchev–Trinajstić information content (AvgIpc) is 2.53. The number of benzene rings is 1. The summed E-state index contributed by atoms with van der Waals surface area (Å²) in [6, 6.07) is 5.16. The third-order valence-corrected chi connectivity index (χ3v) is 5.98. The lowest BCUT2D eigenvalue weighted by atomic mass is 9.81. The van der Waals surface area contributed by atoms with E-state index < -0.39 is 12.1 Å². The second-order valence-electron chi connectivity index (χ2n) is 6.93. The van der Waals surface area contributed by atoms with Gasteiger partial charge in [0.1, 0.15) is 0 Å². The summed E-state index contributed by atoms with van der Waals surface area (Å²) < 4.78 is 39.3. The number of hydrogen-bond donors (Lipinski definition) is 0. The van der Waals surface area contributed by atoms with Gasteiger partial charge in [-0.15, -0.1) is 0 Å². The number of carbonyl (C=O) groups excluding carboxylic acids is 1. The summed E-state index contributed by atoms with van der Waals surface area (Å²) in [5.74, 6) is -1.19. The third-order valence-electron chi connectivity index (χ3n) is 4.81. The molecule has 7 heteroatoms. The Bertz CT molecular complexity index is 613. The minimum Gasteiger partial charge on any atom is -0.336 e. The summed E-state index contributed by atoms with van der Waals surface area (Å²) >= 11 is 8.12. The highest BCUT2D eigenvalue weighted by atomic mass is 127. The Morgan fingerprint density at radius 2 is 1.88 bits per heavy atom. The van der Waals surface area contributed by atoms with Crippen molar-refractivity contribution in [3.05, 3.63) is 32.4 Å². The minimum absolute atomic E-state index is 0.0254. The van der Waals surface area contributed by atoms with Crippen molar-refractivity contribution in [2.24, 2.45) is 11.8 Å². The van der Waals surface area contributed by atoms with Crippen molar-refractivity contribution in [1.82, 2.24) is 4.90 Å². The molecule has 1 amide bonds. The van der Waals surface area contributed by atoms with Gasteiger partial charge in [0, 0.05) is 21.2 Å². The van der Waals surface area contributed by atoms with Gasteiger partial charge < -0.3 is 4.90 Å². The van der Waals surface area contributed by atoms with Crippen LogP contribution in [0.25, 0.3) is 0 Å². The Morgan fingerprint density at radius 1 is 1.28 bits per heavy atom. The molecule has 1 aliphatic carbocycles. The van der Waals surface area contributed by atoms with Gasteiger partial charge in [0.2, 0.25) is 0 Å². The van der Waals surface area contributed by atoms with Gasteiger partial charge in [-0.25, -0.2) is 0 Å². The smallest absolute Gasteiger partial charge is 0.336 e. The fourth-order valence-electron chi connectivity index (χ4n) is 3.29. The van der Waals surface area contributed by atoms with Crippen molar-refractivity contribution in [1.29, 1.82) is 0 Å². The Hall–Kier alpha value is -0.500. The molecule has 25 heavy (non-hydrogen) atoms. The molecular formula is C18H22ClF3INO. The van der Waals surface area contributed by atoms with E-state index in [1.807, 2.05) is 13.8 Å². The number of nitrogens with zero attached hydrogens (tertiary/aromatic N) is 1. The van der Waals surface area contributed by atoms with Crippen LogP contribution in [0.3, 0.4) is 0 Å². The molecule has 0 aromatic heterocycles. The van der Waals surface area contributed by atoms with Gasteiger partial charge in [0.15, 0.2) is 0 Å². The second kappa shape index (κ2) is 8.46. The highest BCUT2D eigenvalue weighted by Gasteiger charge is 2.41. The monoisotopic (exact) mass is 487 g/mol. The van der Waals surface area contributed by atoms with Gasteiger partial charge in [-0.05, 0) is 86.2 Å². The zero-order valence-corrected chi connectivity index (χ0v) is 17.2. The molecule has 0 heterocycles. The third kappa shape index (κ3) is 5.49. The Morgan fingerprint density at radius 3 is 2.40 bits per heavy atom. The minimum atomic E-state index is -4.10. The Balaban J connectivity index is 2.07. The molecule has 0 atom stereocenters. The van der Waals surface area contributed by atoms with E-state index in [-0.39, 0.29) is 30.7 Å². The Kier molecular flexibility index (Phi) is 7.04. The molecule has 0 N–H and O–H groups in total. The highest BCUT2D eigenvalue weighted by molar-refractivity contribution is 14.1. The van der Waals surface area contributed by atoms with Crippen molar-refractivity contribution >= 4 is 40.1 Å². The van der Waals surface area contributed by atoms with Gasteiger partial charge >= 0.3 is 6.18 Å². The lowest BCUT2D eigenvalue weighted by Gasteiger charge is -2.35. The lowest BCUT2D eigenvalue weighted by Crippen LogP contribution is -2.42. The lowest BCUT2D eigenvalue weighted by molar-refractivity contribution is -0.184. The predicted octanol–water partition coefficient (Wildman–Crippen LogP) is 6.16. The molecule has 1 aliphatic rings. The topological polar surface area (TPSA) is 20.3 Å². The fourth-order valence-corrected chi connectivity index (χ4v) is 4.03. The van der Waals surface area contributed by atoms with Gasteiger partial charge in [0.05, 0.1) is 11.5 Å². The average molecular weight is 488 g/mol. The summed E-state index contributed by atoms with van der Waals surface area (Å²) in [6.07, 6.45) is -2.78. The highest BCUT2D eigenvalue weighted by Crippen LogP contribution is 2.40. The standard InChI is InChI=1S/C18H22ClF3INO/c1-11(2)24(17(25)15-9-14(19)7-8-16(15)23)10-12-3-5-13(6-4-12)18(20,21)22/h7-9,11-13H,3-6,10H2,1-2H3. The van der Waals surface area contributed by atoms with E-state index in [4.69, 9.17) is 11.6 Å². The van der Waals surface area contributed by atoms with Crippen LogP contribution in [0.1, 0.15) is 49.9 Å². The summed E-state index contributed by atoms with van der Waals surface area (Å²) in [7, 11) is 0. The van der Waals surface area contributed by atoms with Crippen LogP contribution in [0.2, 0.25) is 5.02 Å². The summed E-state index contributed by atoms with van der Waals surface area (Å²) in [5, 5.41) is 0.498. The number of hydrogen-bond acceptors (Lipinski definition) is 1. The number of alkyl halides is 3. The Labute approximate surface area is 165 Å². The quantitative estimate of drug-likeness (QED) is 0.466. The van der Waals surface area contributed by atoms with E-state index in [9.17, 15) is 18.0 Å². The zero-order chi connectivity index (χ0) is 18.8. The van der Waals surface area contributed by atoms with Crippen LogP contribution in [0.4, 0.5) is 13.2 Å². The number of carbonyl (C=O) groups is 1. The van der Waals surface area contributed by atoms with Crippen LogP contribution in [-0.2, 0) is 0 Å². The largest absolute Gasteiger partial charge is 0.391 e. The van der Waals surface area contributed by atoms with Crippen molar-refractivity contribution in [3.63, 3.8) is 0 Å². The van der Waals surface area contributed by atoms with Gasteiger partial charge in [-0.3, -0.25) is 4.79 Å². The molecule has 1 aromatic carbocycles. The van der Waals surface area contributed by atoms with Crippen molar-refractivity contribution in [2.45, 2.75) is 51.7 Å². The van der Waals surface area contributed by atoms with Crippen molar-refractivity contribution < 1.29 is 18.0 Å². The van der Waals surface area contributed by atoms with E-state index in [2.05, 4.69) is 22.6 Å². The maximum Gasteiger partial charge on any atom is 0.391 e. The molecule has 0 radical (unpaired) electrons. The van der Waals surface area contributed by atoms with Crippen LogP contribution < -0.4 is 0 Å². The first-order valence-electron chi connectivity index (χ1n) is 8.42. The van der Waals surface area contributed by atoms with Gasteiger partial charge in [0.25, 0.3) is 5.91 Å². The molecule has 0 bridgehead atoms. The molecule has 2 rings (SSSR count). The van der Waals surface area contributed by atoms with Gasteiger partial charge in [-0.1, -0.05) is 11.6 Å². The van der Waals surface area contributed by atoms with E-state index >= 15 is 0 Å². The van der Waals surface area contributed by atoms with Gasteiger partial charge in [-0.2, -0.15) is 13.2 Å². The predicted molar refractivity (Wildman–Crippen MR) is 102 cm³/mol. The maximum atomic E-state index is 12.9. The molecule has 0 unspecified atom stereocenters.